The maximum Gasteiger partial charge on any atom is 0.325 e. The summed E-state index contributed by atoms with van der Waals surface area (Å²) >= 11 is 0. The molecule has 0 aromatic rings. The number of rotatable bonds is 6. The molecule has 4 fully saturated rings. The quantitative estimate of drug-likeness (QED) is 0.515. The minimum absolute atomic E-state index is 0.161. The highest BCUT2D eigenvalue weighted by molar-refractivity contribution is 5.83. The SMILES string of the molecule is CC(NC(=O)CCCC1CCC2C3C(O)CC4CNCCC4(C)C3CCC12C)C(=O)O. The van der Waals surface area contributed by atoms with Gasteiger partial charge in [-0.15, -0.1) is 0 Å². The Morgan fingerprint density at radius 2 is 1.87 bits per heavy atom. The summed E-state index contributed by atoms with van der Waals surface area (Å²) in [5, 5.41) is 26.3. The second kappa shape index (κ2) is 8.66. The van der Waals surface area contributed by atoms with E-state index in [4.69, 9.17) is 5.11 Å². The van der Waals surface area contributed by atoms with Crippen molar-refractivity contribution < 1.29 is 19.8 Å². The fraction of sp³-hybridized carbons (Fsp3) is 0.920. The lowest BCUT2D eigenvalue weighted by molar-refractivity contribution is -0.159. The van der Waals surface area contributed by atoms with Crippen molar-refractivity contribution in [2.45, 2.75) is 90.7 Å². The molecule has 4 aliphatic rings. The average molecular weight is 435 g/mol. The number of carboxylic acids is 1. The van der Waals surface area contributed by atoms with E-state index in [9.17, 15) is 14.7 Å². The number of carbonyl (C=O) groups is 2. The predicted octanol–water partition coefficient (Wildman–Crippen LogP) is 3.19. The number of amides is 1. The highest BCUT2D eigenvalue weighted by atomic mass is 16.4. The van der Waals surface area contributed by atoms with Gasteiger partial charge in [0.05, 0.1) is 6.10 Å². The van der Waals surface area contributed by atoms with Crippen LogP contribution >= 0.6 is 0 Å². The molecule has 31 heavy (non-hydrogen) atoms. The molecule has 1 saturated heterocycles. The van der Waals surface area contributed by atoms with Crippen molar-refractivity contribution in [3.8, 4) is 0 Å². The van der Waals surface area contributed by atoms with E-state index >= 15 is 0 Å². The van der Waals surface area contributed by atoms with Crippen LogP contribution in [0.3, 0.4) is 0 Å². The Kier molecular flexibility index (Phi) is 6.43. The molecule has 3 aliphatic carbocycles. The second-order valence-corrected chi connectivity index (χ2v) is 11.6. The summed E-state index contributed by atoms with van der Waals surface area (Å²) in [6.07, 6.45) is 9.14. The van der Waals surface area contributed by atoms with Gasteiger partial charge in [-0.3, -0.25) is 9.59 Å². The topological polar surface area (TPSA) is 98.7 Å². The minimum atomic E-state index is -0.994. The molecule has 1 amide bonds. The normalized spacial score (nSPS) is 45.2. The third-order valence-corrected chi connectivity index (χ3v) is 10.2. The van der Waals surface area contributed by atoms with Crippen LogP contribution < -0.4 is 10.6 Å². The van der Waals surface area contributed by atoms with E-state index in [1.165, 1.54) is 39.0 Å². The molecule has 9 unspecified atom stereocenters. The zero-order valence-electron chi connectivity index (χ0n) is 19.5. The number of fused-ring (bicyclic) bond motifs is 5. The lowest BCUT2D eigenvalue weighted by Crippen LogP contribution is -2.60. The van der Waals surface area contributed by atoms with Gasteiger partial charge in [0.1, 0.15) is 6.04 Å². The van der Waals surface area contributed by atoms with Crippen molar-refractivity contribution in [2.75, 3.05) is 13.1 Å². The number of aliphatic hydroxyl groups is 1. The third-order valence-electron chi connectivity index (χ3n) is 10.2. The fourth-order valence-electron chi connectivity index (χ4n) is 8.33. The van der Waals surface area contributed by atoms with E-state index in [1.54, 1.807) is 0 Å². The zero-order chi connectivity index (χ0) is 22.4. The molecule has 176 valence electrons. The number of aliphatic hydroxyl groups excluding tert-OH is 1. The van der Waals surface area contributed by atoms with Crippen LogP contribution in [0.25, 0.3) is 0 Å². The number of carboxylic acid groups (broad SMARTS) is 1. The summed E-state index contributed by atoms with van der Waals surface area (Å²) in [4.78, 5) is 23.0. The van der Waals surface area contributed by atoms with Gasteiger partial charge < -0.3 is 20.8 Å². The van der Waals surface area contributed by atoms with Crippen molar-refractivity contribution in [1.82, 2.24) is 10.6 Å². The Bertz CT molecular complexity index is 699. The van der Waals surface area contributed by atoms with Crippen molar-refractivity contribution in [1.29, 1.82) is 0 Å². The first-order valence-electron chi connectivity index (χ1n) is 12.6. The molecule has 0 aromatic heterocycles. The van der Waals surface area contributed by atoms with Crippen LogP contribution in [0.5, 0.6) is 0 Å². The highest BCUT2D eigenvalue weighted by Gasteiger charge is 2.61. The molecule has 9 atom stereocenters. The fourth-order valence-corrected chi connectivity index (χ4v) is 8.33. The average Bonchev–Trinajstić information content (AvgIpc) is 3.05. The second-order valence-electron chi connectivity index (χ2n) is 11.6. The molecule has 4 rings (SSSR count). The van der Waals surface area contributed by atoms with Crippen LogP contribution in [-0.4, -0.2) is 47.3 Å². The molecular weight excluding hydrogens is 392 g/mol. The highest BCUT2D eigenvalue weighted by Crippen LogP contribution is 2.66. The molecule has 6 heteroatoms. The van der Waals surface area contributed by atoms with Crippen molar-refractivity contribution in [2.24, 2.45) is 40.4 Å². The molecule has 4 N–H and O–H groups in total. The summed E-state index contributed by atoms with van der Waals surface area (Å²) in [5.74, 6) is 1.73. The third kappa shape index (κ3) is 4.03. The zero-order valence-corrected chi connectivity index (χ0v) is 19.5. The molecule has 1 aliphatic heterocycles. The summed E-state index contributed by atoms with van der Waals surface area (Å²) in [6.45, 7) is 8.64. The summed E-state index contributed by atoms with van der Waals surface area (Å²) < 4.78 is 0. The minimum Gasteiger partial charge on any atom is -0.480 e. The number of hydrogen-bond donors (Lipinski definition) is 4. The molecular formula is C25H42N2O4. The maximum absolute atomic E-state index is 12.1. The molecule has 0 spiro atoms. The lowest BCUT2D eigenvalue weighted by atomic mass is 9.45. The van der Waals surface area contributed by atoms with Crippen molar-refractivity contribution in [3.05, 3.63) is 0 Å². The van der Waals surface area contributed by atoms with Crippen LogP contribution in [0, 0.1) is 40.4 Å². The maximum atomic E-state index is 12.1. The Morgan fingerprint density at radius 1 is 1.13 bits per heavy atom. The Hall–Kier alpha value is -1.14. The summed E-state index contributed by atoms with van der Waals surface area (Å²) in [5.41, 5.74) is 0.635. The van der Waals surface area contributed by atoms with Crippen molar-refractivity contribution >= 4 is 11.9 Å². The molecule has 3 saturated carbocycles. The van der Waals surface area contributed by atoms with E-state index in [0.29, 0.717) is 41.4 Å². The molecule has 0 radical (unpaired) electrons. The number of piperidine rings is 1. The standard InChI is InChI=1S/C25H42N2O4/c1-15(23(30)31)27-21(29)6-4-5-16-7-8-18-22-19(9-10-24(16,18)2)25(3)11-12-26-14-17(25)13-20(22)28/h15-20,22,26,28H,4-14H2,1-3H3,(H,27,29)(H,30,31). The summed E-state index contributed by atoms with van der Waals surface area (Å²) in [7, 11) is 0. The van der Waals surface area contributed by atoms with Gasteiger partial charge in [0.25, 0.3) is 0 Å². The molecule has 0 bridgehead atoms. The van der Waals surface area contributed by atoms with E-state index in [0.717, 1.165) is 32.4 Å². The monoisotopic (exact) mass is 434 g/mol. The first-order chi connectivity index (χ1) is 14.7. The van der Waals surface area contributed by atoms with Crippen LogP contribution in [0.1, 0.15) is 78.6 Å². The van der Waals surface area contributed by atoms with Crippen LogP contribution in [0.15, 0.2) is 0 Å². The number of nitrogens with one attached hydrogen (secondary N) is 2. The Balaban J connectivity index is 1.38. The van der Waals surface area contributed by atoms with E-state index in [2.05, 4.69) is 24.5 Å². The Labute approximate surface area is 186 Å². The van der Waals surface area contributed by atoms with Gasteiger partial charge in [0.2, 0.25) is 5.91 Å². The lowest BCUT2D eigenvalue weighted by Gasteiger charge is -2.62. The van der Waals surface area contributed by atoms with E-state index in [1.807, 2.05) is 0 Å². The van der Waals surface area contributed by atoms with Gasteiger partial charge in [-0.05, 0) is 112 Å². The smallest absolute Gasteiger partial charge is 0.325 e. The molecule has 0 aromatic carbocycles. The van der Waals surface area contributed by atoms with Gasteiger partial charge in [0.15, 0.2) is 0 Å². The van der Waals surface area contributed by atoms with E-state index < -0.39 is 12.0 Å². The van der Waals surface area contributed by atoms with Crippen LogP contribution in [0.2, 0.25) is 0 Å². The van der Waals surface area contributed by atoms with Gasteiger partial charge >= 0.3 is 5.97 Å². The number of carbonyl (C=O) groups excluding carboxylic acids is 1. The van der Waals surface area contributed by atoms with E-state index in [-0.39, 0.29) is 17.4 Å². The first-order valence-corrected chi connectivity index (χ1v) is 12.6. The van der Waals surface area contributed by atoms with Gasteiger partial charge in [-0.25, -0.2) is 0 Å². The van der Waals surface area contributed by atoms with Crippen LogP contribution in [-0.2, 0) is 9.59 Å². The first kappa shape index (κ1) is 23.0. The number of aliphatic carboxylic acids is 1. The van der Waals surface area contributed by atoms with Gasteiger partial charge in [0, 0.05) is 6.42 Å². The molecule has 6 nitrogen and oxygen atoms in total. The van der Waals surface area contributed by atoms with Crippen molar-refractivity contribution in [3.63, 3.8) is 0 Å². The molecule has 1 heterocycles. The van der Waals surface area contributed by atoms with Crippen LogP contribution in [0.4, 0.5) is 0 Å². The Morgan fingerprint density at radius 3 is 2.61 bits per heavy atom. The van der Waals surface area contributed by atoms with Gasteiger partial charge in [-0.2, -0.15) is 0 Å². The predicted molar refractivity (Wildman–Crippen MR) is 119 cm³/mol. The number of hydrogen-bond acceptors (Lipinski definition) is 4. The van der Waals surface area contributed by atoms with Gasteiger partial charge in [-0.1, -0.05) is 13.8 Å². The largest absolute Gasteiger partial charge is 0.480 e. The summed E-state index contributed by atoms with van der Waals surface area (Å²) in [6, 6.07) is -0.830.